The second-order valence-corrected chi connectivity index (χ2v) is 5.40. The summed E-state index contributed by atoms with van der Waals surface area (Å²) in [4.78, 5) is 37.1. The fourth-order valence-electron chi connectivity index (χ4n) is 2.52. The SMILES string of the molecule is CCOc1ccccc1OCC(=O)OCN1C(=O)c2ccccc2C1=O. The summed E-state index contributed by atoms with van der Waals surface area (Å²) in [6, 6.07) is 13.4. The number of imide groups is 1. The summed E-state index contributed by atoms with van der Waals surface area (Å²) < 4.78 is 15.8. The van der Waals surface area contributed by atoms with Crippen LogP contribution >= 0.6 is 0 Å². The molecule has 1 aliphatic heterocycles. The van der Waals surface area contributed by atoms with Crippen LogP contribution in [0.2, 0.25) is 0 Å². The highest BCUT2D eigenvalue weighted by atomic mass is 16.6. The van der Waals surface area contributed by atoms with Crippen molar-refractivity contribution < 1.29 is 28.6 Å². The maximum atomic E-state index is 12.2. The van der Waals surface area contributed by atoms with E-state index in [0.29, 0.717) is 29.2 Å². The molecule has 0 fully saturated rings. The summed E-state index contributed by atoms with van der Waals surface area (Å²) in [6.07, 6.45) is 0. The van der Waals surface area contributed by atoms with Crippen molar-refractivity contribution in [3.8, 4) is 11.5 Å². The number of hydrogen-bond acceptors (Lipinski definition) is 6. The first-order chi connectivity index (χ1) is 12.6. The Morgan fingerprint density at radius 1 is 0.885 bits per heavy atom. The van der Waals surface area contributed by atoms with Crippen LogP contribution in [-0.4, -0.2) is 42.6 Å². The van der Waals surface area contributed by atoms with Crippen LogP contribution in [0.1, 0.15) is 27.6 Å². The highest BCUT2D eigenvalue weighted by Crippen LogP contribution is 2.26. The van der Waals surface area contributed by atoms with Crippen LogP contribution in [0.15, 0.2) is 48.5 Å². The number of para-hydroxylation sites is 2. The molecule has 0 saturated carbocycles. The third-order valence-electron chi connectivity index (χ3n) is 3.73. The lowest BCUT2D eigenvalue weighted by molar-refractivity contribution is -0.148. The van der Waals surface area contributed by atoms with E-state index in [1.54, 1.807) is 48.5 Å². The number of carbonyl (C=O) groups excluding carboxylic acids is 3. The predicted molar refractivity (Wildman–Crippen MR) is 91.0 cm³/mol. The van der Waals surface area contributed by atoms with Gasteiger partial charge in [0.15, 0.2) is 24.8 Å². The highest BCUT2D eigenvalue weighted by molar-refractivity contribution is 6.21. The van der Waals surface area contributed by atoms with E-state index in [0.717, 1.165) is 4.90 Å². The first-order valence-electron chi connectivity index (χ1n) is 8.07. The molecule has 3 rings (SSSR count). The van der Waals surface area contributed by atoms with Gasteiger partial charge in [-0.2, -0.15) is 0 Å². The third kappa shape index (κ3) is 3.51. The van der Waals surface area contributed by atoms with Gasteiger partial charge in [-0.15, -0.1) is 0 Å². The van der Waals surface area contributed by atoms with Crippen molar-refractivity contribution in [2.24, 2.45) is 0 Å². The molecule has 0 unspecified atom stereocenters. The predicted octanol–water partition coefficient (Wildman–Crippen LogP) is 2.26. The highest BCUT2D eigenvalue weighted by Gasteiger charge is 2.35. The van der Waals surface area contributed by atoms with Gasteiger partial charge in [0.2, 0.25) is 0 Å². The number of rotatable bonds is 7. The molecule has 0 N–H and O–H groups in total. The van der Waals surface area contributed by atoms with Crippen molar-refractivity contribution in [1.82, 2.24) is 4.90 Å². The van der Waals surface area contributed by atoms with Gasteiger partial charge >= 0.3 is 5.97 Å². The fraction of sp³-hybridized carbons (Fsp3) is 0.211. The standard InChI is InChI=1S/C19H17NO6/c1-2-24-15-9-5-6-10-16(15)25-11-17(21)26-12-20-18(22)13-7-3-4-8-14(13)19(20)23/h3-10H,2,11-12H2,1H3. The third-order valence-corrected chi connectivity index (χ3v) is 3.73. The molecule has 0 aliphatic carbocycles. The van der Waals surface area contributed by atoms with Crippen LogP contribution in [0, 0.1) is 0 Å². The molecular formula is C19H17NO6. The van der Waals surface area contributed by atoms with E-state index < -0.39 is 24.5 Å². The van der Waals surface area contributed by atoms with Gasteiger partial charge in [0.25, 0.3) is 11.8 Å². The minimum absolute atomic E-state index is 0.301. The lowest BCUT2D eigenvalue weighted by Gasteiger charge is -2.15. The summed E-state index contributed by atoms with van der Waals surface area (Å²) >= 11 is 0. The van der Waals surface area contributed by atoms with Crippen molar-refractivity contribution >= 4 is 17.8 Å². The lowest BCUT2D eigenvalue weighted by Crippen LogP contribution is -2.34. The van der Waals surface area contributed by atoms with E-state index in [-0.39, 0.29) is 6.61 Å². The van der Waals surface area contributed by atoms with Crippen LogP contribution in [0.4, 0.5) is 0 Å². The number of ether oxygens (including phenoxy) is 3. The molecule has 0 spiro atoms. The Morgan fingerprint density at radius 3 is 2.00 bits per heavy atom. The first-order valence-corrected chi connectivity index (χ1v) is 8.07. The van der Waals surface area contributed by atoms with Crippen molar-refractivity contribution in [2.45, 2.75) is 6.92 Å². The Hall–Kier alpha value is -3.35. The van der Waals surface area contributed by atoms with Gasteiger partial charge in [-0.05, 0) is 31.2 Å². The van der Waals surface area contributed by atoms with Crippen LogP contribution in [-0.2, 0) is 9.53 Å². The zero-order valence-corrected chi connectivity index (χ0v) is 14.1. The monoisotopic (exact) mass is 355 g/mol. The van der Waals surface area contributed by atoms with Gasteiger partial charge in [0.05, 0.1) is 17.7 Å². The van der Waals surface area contributed by atoms with E-state index in [1.165, 1.54) is 0 Å². The topological polar surface area (TPSA) is 82.1 Å². The maximum Gasteiger partial charge on any atom is 0.345 e. The molecule has 0 radical (unpaired) electrons. The van der Waals surface area contributed by atoms with E-state index >= 15 is 0 Å². The molecule has 2 aromatic carbocycles. The van der Waals surface area contributed by atoms with Crippen LogP contribution in [0.5, 0.6) is 11.5 Å². The minimum atomic E-state index is -0.701. The molecule has 2 aromatic rings. The second-order valence-electron chi connectivity index (χ2n) is 5.40. The summed E-state index contributed by atoms with van der Waals surface area (Å²) in [7, 11) is 0. The molecule has 134 valence electrons. The Kier molecular flexibility index (Phi) is 5.17. The average Bonchev–Trinajstić information content (AvgIpc) is 2.90. The Balaban J connectivity index is 1.54. The quantitative estimate of drug-likeness (QED) is 0.560. The minimum Gasteiger partial charge on any atom is -0.490 e. The van der Waals surface area contributed by atoms with Crippen LogP contribution < -0.4 is 9.47 Å². The number of fused-ring (bicyclic) bond motifs is 1. The smallest absolute Gasteiger partial charge is 0.345 e. The first kappa shape index (κ1) is 17.5. The number of carbonyl (C=O) groups is 3. The molecule has 1 aliphatic rings. The summed E-state index contributed by atoms with van der Waals surface area (Å²) in [6.45, 7) is 1.48. The van der Waals surface area contributed by atoms with Crippen LogP contribution in [0.3, 0.4) is 0 Å². The van der Waals surface area contributed by atoms with Gasteiger partial charge < -0.3 is 14.2 Å². The van der Waals surface area contributed by atoms with Gasteiger partial charge in [0, 0.05) is 0 Å². The number of nitrogens with zero attached hydrogens (tertiary/aromatic N) is 1. The van der Waals surface area contributed by atoms with Crippen molar-refractivity contribution in [1.29, 1.82) is 0 Å². The molecule has 26 heavy (non-hydrogen) atoms. The molecular weight excluding hydrogens is 338 g/mol. The molecule has 2 amide bonds. The second kappa shape index (κ2) is 7.69. The maximum absolute atomic E-state index is 12.2. The van der Waals surface area contributed by atoms with E-state index in [2.05, 4.69) is 0 Å². The van der Waals surface area contributed by atoms with Crippen molar-refractivity contribution in [3.63, 3.8) is 0 Å². The summed E-state index contributed by atoms with van der Waals surface area (Å²) in [5, 5.41) is 0. The lowest BCUT2D eigenvalue weighted by atomic mass is 10.1. The molecule has 0 atom stereocenters. The number of hydrogen-bond donors (Lipinski definition) is 0. The van der Waals surface area contributed by atoms with Crippen LogP contribution in [0.25, 0.3) is 0 Å². The molecule has 0 bridgehead atoms. The molecule has 1 heterocycles. The normalized spacial score (nSPS) is 12.7. The summed E-state index contributed by atoms with van der Waals surface area (Å²) in [5.74, 6) is -0.745. The molecule has 7 heteroatoms. The number of benzene rings is 2. The van der Waals surface area contributed by atoms with Crippen molar-refractivity contribution in [3.05, 3.63) is 59.7 Å². The number of amides is 2. The Morgan fingerprint density at radius 2 is 1.42 bits per heavy atom. The Bertz CT molecular complexity index is 812. The van der Waals surface area contributed by atoms with Gasteiger partial charge in [0.1, 0.15) is 0 Å². The van der Waals surface area contributed by atoms with Gasteiger partial charge in [-0.25, -0.2) is 9.69 Å². The Labute approximate surface area is 150 Å². The molecule has 0 aromatic heterocycles. The zero-order chi connectivity index (χ0) is 18.5. The largest absolute Gasteiger partial charge is 0.490 e. The summed E-state index contributed by atoms with van der Waals surface area (Å²) in [5.41, 5.74) is 0.603. The van der Waals surface area contributed by atoms with Gasteiger partial charge in [-0.1, -0.05) is 24.3 Å². The van der Waals surface area contributed by atoms with Gasteiger partial charge in [-0.3, -0.25) is 9.59 Å². The average molecular weight is 355 g/mol. The van der Waals surface area contributed by atoms with E-state index in [9.17, 15) is 14.4 Å². The molecule has 7 nitrogen and oxygen atoms in total. The zero-order valence-electron chi connectivity index (χ0n) is 14.1. The molecule has 0 saturated heterocycles. The number of esters is 1. The fourth-order valence-corrected chi connectivity index (χ4v) is 2.52. The van der Waals surface area contributed by atoms with E-state index in [4.69, 9.17) is 14.2 Å². The van der Waals surface area contributed by atoms with Crippen molar-refractivity contribution in [2.75, 3.05) is 19.9 Å². The van der Waals surface area contributed by atoms with E-state index in [1.807, 2.05) is 6.92 Å².